The highest BCUT2D eigenvalue weighted by molar-refractivity contribution is 4.80. The average Bonchev–Trinajstić information content (AvgIpc) is 2.01. The molecule has 0 bridgehead atoms. The van der Waals surface area contributed by atoms with Gasteiger partial charge in [-0.15, -0.1) is 0 Å². The van der Waals surface area contributed by atoms with Gasteiger partial charge in [0.1, 0.15) is 0 Å². The molecule has 0 amide bonds. The van der Waals surface area contributed by atoms with Crippen molar-refractivity contribution in [3.8, 4) is 0 Å². The van der Waals surface area contributed by atoms with Gasteiger partial charge in [-0.25, -0.2) is 0 Å². The van der Waals surface area contributed by atoms with Crippen molar-refractivity contribution in [2.24, 2.45) is 0 Å². The monoisotopic (exact) mass is 159 g/mol. The minimum absolute atomic E-state index is 0.00352. The van der Waals surface area contributed by atoms with Gasteiger partial charge in [0.05, 0.1) is 12.8 Å². The Hall–Kier alpha value is -0.860. The zero-order chi connectivity index (χ0) is 8.69. The van der Waals surface area contributed by atoms with Gasteiger partial charge in [-0.05, 0) is 20.8 Å². The molecule has 0 spiro atoms. The Bertz CT molecular complexity index is 119. The lowest BCUT2D eigenvalue weighted by molar-refractivity contribution is 0.0940. The van der Waals surface area contributed by atoms with Crippen molar-refractivity contribution < 1.29 is 9.84 Å². The van der Waals surface area contributed by atoms with Gasteiger partial charge in [-0.1, -0.05) is 0 Å². The standard InChI is InChI=1S/C8H17NO2/c1-4-9(5-2)7-8(10)11-6-3/h7,10H,4-6H2,1-3H3/b8-7+. The summed E-state index contributed by atoms with van der Waals surface area (Å²) in [6.45, 7) is 8.16. The van der Waals surface area contributed by atoms with Gasteiger partial charge in [0.25, 0.3) is 5.95 Å². The Morgan fingerprint density at radius 3 is 2.27 bits per heavy atom. The lowest BCUT2D eigenvalue weighted by Gasteiger charge is -2.15. The maximum atomic E-state index is 9.08. The summed E-state index contributed by atoms with van der Waals surface area (Å²) in [5.74, 6) is -0.00352. The van der Waals surface area contributed by atoms with Gasteiger partial charge in [0.15, 0.2) is 0 Å². The topological polar surface area (TPSA) is 32.7 Å². The fourth-order valence-corrected chi connectivity index (χ4v) is 0.748. The number of aliphatic hydroxyl groups excluding tert-OH is 1. The largest absolute Gasteiger partial charge is 0.480 e. The SMILES string of the molecule is CCO/C(O)=C/N(CC)CC. The second-order valence-electron chi connectivity index (χ2n) is 2.12. The molecule has 0 aliphatic heterocycles. The molecule has 0 radical (unpaired) electrons. The molecule has 0 heterocycles. The van der Waals surface area contributed by atoms with Gasteiger partial charge in [0, 0.05) is 13.1 Å². The predicted octanol–water partition coefficient (Wildman–Crippen LogP) is 1.72. The van der Waals surface area contributed by atoms with E-state index in [1.165, 1.54) is 0 Å². The van der Waals surface area contributed by atoms with E-state index >= 15 is 0 Å². The van der Waals surface area contributed by atoms with Crippen LogP contribution in [-0.4, -0.2) is 29.7 Å². The molecule has 11 heavy (non-hydrogen) atoms. The zero-order valence-corrected chi connectivity index (χ0v) is 7.50. The maximum Gasteiger partial charge on any atom is 0.293 e. The minimum Gasteiger partial charge on any atom is -0.480 e. The smallest absolute Gasteiger partial charge is 0.293 e. The Balaban J connectivity index is 3.81. The molecule has 0 saturated heterocycles. The summed E-state index contributed by atoms with van der Waals surface area (Å²) in [5, 5.41) is 9.08. The summed E-state index contributed by atoms with van der Waals surface area (Å²) in [4.78, 5) is 1.96. The number of hydrogen-bond donors (Lipinski definition) is 1. The first-order valence-corrected chi connectivity index (χ1v) is 4.02. The van der Waals surface area contributed by atoms with E-state index in [4.69, 9.17) is 9.84 Å². The second kappa shape index (κ2) is 5.89. The highest BCUT2D eigenvalue weighted by Gasteiger charge is 1.95. The first-order valence-electron chi connectivity index (χ1n) is 4.02. The van der Waals surface area contributed by atoms with Crippen LogP contribution in [0, 0.1) is 0 Å². The van der Waals surface area contributed by atoms with Crippen molar-refractivity contribution in [1.29, 1.82) is 0 Å². The van der Waals surface area contributed by atoms with Crippen LogP contribution in [0.15, 0.2) is 12.1 Å². The third-order valence-electron chi connectivity index (χ3n) is 1.40. The van der Waals surface area contributed by atoms with Crippen LogP contribution in [0.3, 0.4) is 0 Å². The lowest BCUT2D eigenvalue weighted by atomic mass is 10.5. The molecular formula is C8H17NO2. The molecule has 0 unspecified atom stereocenters. The van der Waals surface area contributed by atoms with Gasteiger partial charge in [0.2, 0.25) is 0 Å². The highest BCUT2D eigenvalue weighted by Crippen LogP contribution is 1.95. The lowest BCUT2D eigenvalue weighted by Crippen LogP contribution is -2.16. The fraction of sp³-hybridized carbons (Fsp3) is 0.750. The quantitative estimate of drug-likeness (QED) is 0.620. The van der Waals surface area contributed by atoms with E-state index < -0.39 is 0 Å². The summed E-state index contributed by atoms with van der Waals surface area (Å²) in [5.41, 5.74) is 0. The van der Waals surface area contributed by atoms with Gasteiger partial charge in [-0.2, -0.15) is 0 Å². The number of hydrogen-bond acceptors (Lipinski definition) is 3. The molecule has 0 fully saturated rings. The van der Waals surface area contributed by atoms with Crippen LogP contribution in [-0.2, 0) is 4.74 Å². The summed E-state index contributed by atoms with van der Waals surface area (Å²) >= 11 is 0. The zero-order valence-electron chi connectivity index (χ0n) is 7.50. The van der Waals surface area contributed by atoms with Crippen LogP contribution >= 0.6 is 0 Å². The third kappa shape index (κ3) is 4.53. The molecule has 0 aliphatic carbocycles. The van der Waals surface area contributed by atoms with E-state index in [0.717, 1.165) is 13.1 Å². The number of nitrogens with zero attached hydrogens (tertiary/aromatic N) is 1. The molecule has 3 heteroatoms. The predicted molar refractivity (Wildman–Crippen MR) is 45.3 cm³/mol. The summed E-state index contributed by atoms with van der Waals surface area (Å²) in [6.07, 6.45) is 1.61. The van der Waals surface area contributed by atoms with Crippen LogP contribution in [0.5, 0.6) is 0 Å². The molecule has 0 aromatic heterocycles. The van der Waals surface area contributed by atoms with Crippen molar-refractivity contribution in [2.75, 3.05) is 19.7 Å². The van der Waals surface area contributed by atoms with E-state index in [9.17, 15) is 0 Å². The molecule has 66 valence electrons. The normalized spacial score (nSPS) is 11.4. The maximum absolute atomic E-state index is 9.08. The van der Waals surface area contributed by atoms with Crippen molar-refractivity contribution in [3.05, 3.63) is 12.1 Å². The van der Waals surface area contributed by atoms with Crippen molar-refractivity contribution in [1.82, 2.24) is 4.90 Å². The molecule has 3 nitrogen and oxygen atoms in total. The summed E-state index contributed by atoms with van der Waals surface area (Å²) < 4.78 is 4.85. The third-order valence-corrected chi connectivity index (χ3v) is 1.40. The summed E-state index contributed by atoms with van der Waals surface area (Å²) in [6, 6.07) is 0. The Morgan fingerprint density at radius 2 is 1.91 bits per heavy atom. The molecule has 1 N–H and O–H groups in total. The summed E-state index contributed by atoms with van der Waals surface area (Å²) in [7, 11) is 0. The van der Waals surface area contributed by atoms with Crippen LogP contribution in [0.25, 0.3) is 0 Å². The molecule has 0 aromatic carbocycles. The second-order valence-corrected chi connectivity index (χ2v) is 2.12. The first-order chi connectivity index (χ1) is 5.24. The van der Waals surface area contributed by atoms with Crippen LogP contribution in [0.1, 0.15) is 20.8 Å². The van der Waals surface area contributed by atoms with Crippen LogP contribution in [0.2, 0.25) is 0 Å². The van der Waals surface area contributed by atoms with Gasteiger partial charge < -0.3 is 14.7 Å². The Labute approximate surface area is 68.3 Å². The first kappa shape index (κ1) is 10.1. The van der Waals surface area contributed by atoms with E-state index in [-0.39, 0.29) is 5.95 Å². The van der Waals surface area contributed by atoms with E-state index in [1.54, 1.807) is 6.20 Å². The van der Waals surface area contributed by atoms with Crippen LogP contribution in [0.4, 0.5) is 0 Å². The van der Waals surface area contributed by atoms with E-state index in [1.807, 2.05) is 25.7 Å². The number of rotatable bonds is 5. The molecule has 0 aliphatic rings. The molecule has 0 aromatic rings. The molecule has 0 saturated carbocycles. The fourth-order valence-electron chi connectivity index (χ4n) is 0.748. The van der Waals surface area contributed by atoms with Gasteiger partial charge >= 0.3 is 0 Å². The van der Waals surface area contributed by atoms with E-state index in [2.05, 4.69) is 0 Å². The molecular weight excluding hydrogens is 142 g/mol. The Kier molecular flexibility index (Phi) is 5.43. The van der Waals surface area contributed by atoms with Crippen LogP contribution < -0.4 is 0 Å². The van der Waals surface area contributed by atoms with Gasteiger partial charge in [-0.3, -0.25) is 0 Å². The number of aliphatic hydroxyl groups is 1. The van der Waals surface area contributed by atoms with E-state index in [0.29, 0.717) is 6.61 Å². The molecule has 0 atom stereocenters. The molecule has 0 rings (SSSR count). The highest BCUT2D eigenvalue weighted by atomic mass is 16.6. The van der Waals surface area contributed by atoms with Crippen molar-refractivity contribution >= 4 is 0 Å². The van der Waals surface area contributed by atoms with Crippen molar-refractivity contribution in [3.63, 3.8) is 0 Å². The Morgan fingerprint density at radius 1 is 1.36 bits per heavy atom. The minimum atomic E-state index is -0.00352. The van der Waals surface area contributed by atoms with Crippen molar-refractivity contribution in [2.45, 2.75) is 20.8 Å². The number of ether oxygens (including phenoxy) is 1. The average molecular weight is 159 g/mol.